The molecule has 0 bridgehead atoms. The van der Waals surface area contributed by atoms with Crippen molar-refractivity contribution < 1.29 is 92.4 Å². The third-order valence-electron chi connectivity index (χ3n) is 25.8. The molecular weight excluding hydrogens is 2090 g/mol. The first-order valence-electron chi connectivity index (χ1n) is 61.5. The maximum Gasteiger partial charge on any atom is 0.328 e. The Bertz CT molecular complexity index is 2450. The van der Waals surface area contributed by atoms with Crippen molar-refractivity contribution >= 4 is 121 Å². The van der Waals surface area contributed by atoms with Crippen molar-refractivity contribution in [2.45, 2.75) is 643 Å². The standard InChI is InChI=1S/4C22H40O4.4C8H17.C4H8O3S2.2Sn/c4*1-2-3-4-5-6-7-8-9-10-11-12-13-14-15-16-17-20-26-22(25)19-18-21(23)24;4*1-3-5-7-8-6-4-2;5-1-2-7-3(6)4(8)9;;/h4*18-19H,2-17,20H2,1H3,(H,23,24);4*1,3-8H2,2H3;4-5,8-9H,1-2H2;;/q;;;;;;;;;;+2/p-4/b4*19-18-;;;;;;;. The van der Waals surface area contributed by atoms with Crippen LogP contribution in [0.25, 0.3) is 0 Å². The normalized spacial score (nSPS) is 10.9. The molecule has 0 saturated heterocycles. The first kappa shape index (κ1) is 156. The van der Waals surface area contributed by atoms with Crippen LogP contribution in [0, 0.1) is 0 Å². The van der Waals surface area contributed by atoms with Crippen molar-refractivity contribution in [3.05, 3.63) is 48.6 Å². The monoisotopic (exact) mass is 2330 g/mol. The predicted octanol–water partition coefficient (Wildman–Crippen LogP) is 32.6. The number of carboxylic acids is 4. The van der Waals surface area contributed by atoms with E-state index in [9.17, 15) is 63.6 Å². The maximum atomic E-state index is 11.1. The van der Waals surface area contributed by atoms with Crippen molar-refractivity contribution in [3.63, 3.8) is 0 Å². The number of aliphatic hydroxyl groups is 1. The van der Waals surface area contributed by atoms with Crippen molar-refractivity contribution in [2.24, 2.45) is 0 Å². The summed E-state index contributed by atoms with van der Waals surface area (Å²) in [6, 6.07) is 0. The van der Waals surface area contributed by atoms with Crippen LogP contribution < -0.4 is 20.4 Å². The van der Waals surface area contributed by atoms with E-state index in [-0.39, 0.29) is 55.5 Å². The number of carbonyl (C=O) groups is 9. The number of carbonyl (C=O) groups excluding carboxylic acids is 9. The Labute approximate surface area is 937 Å². The van der Waals surface area contributed by atoms with Crippen molar-refractivity contribution in [2.75, 3.05) is 39.6 Å². The molecule has 1 N–H and O–H groups in total. The first-order valence-corrected chi connectivity index (χ1v) is 70.6. The van der Waals surface area contributed by atoms with Gasteiger partial charge in [-0.2, -0.15) is 25.3 Å². The minimum absolute atomic E-state index is 0.0104. The number of carboxylic acid groups (broad SMARTS) is 4. The molecule has 0 aromatic heterocycles. The van der Waals surface area contributed by atoms with Gasteiger partial charge in [-0.3, -0.25) is 0 Å². The average molecular weight is 2330 g/mol. The Morgan fingerprint density at radius 1 is 0.211 bits per heavy atom. The average Bonchev–Trinajstić information content (AvgIpc) is 1.03. The molecule has 0 unspecified atom stereocenters. The summed E-state index contributed by atoms with van der Waals surface area (Å²) in [5.74, 6) is -8.53. The smallest absolute Gasteiger partial charge is 0.328 e. The van der Waals surface area contributed by atoms with E-state index in [0.717, 1.165) is 75.7 Å². The SMILES string of the molecule is CCCCCCCCCCCCCCCCCCOC(=O)/C=C\C(=O)[O-].CCCCCCCCCCCCCCCCCCOC(=O)/C=C\C(=O)[O-].CCCCCCCCCCCCCCCCCCOC(=O)/C=C\C(=O)[O-].CCCCCCCCCCCCCCCCCCOC(=O)/C=C\C(=O)[O-].CCCCCCC[CH2][Sn+2][CH2]CCCCCCC.CCCCCCC[CH2][Sn][CH2]CCCCCCC.O=C(OCCO)C(S)S. The van der Waals surface area contributed by atoms with Gasteiger partial charge in [0.25, 0.3) is 0 Å². The molecule has 0 atom stereocenters. The van der Waals surface area contributed by atoms with E-state index in [1.807, 2.05) is 0 Å². The molecule has 0 saturated carbocycles. The van der Waals surface area contributed by atoms with Gasteiger partial charge in [-0.1, -0.05) is 413 Å². The van der Waals surface area contributed by atoms with Crippen LogP contribution in [0.4, 0.5) is 0 Å². The van der Waals surface area contributed by atoms with E-state index in [1.54, 1.807) is 43.4 Å². The number of unbranched alkanes of at least 4 members (excludes halogenated alkanes) is 80. The number of ether oxygens (including phenoxy) is 5. The quantitative estimate of drug-likeness (QED) is 0.00969. The van der Waals surface area contributed by atoms with Crippen LogP contribution in [0.3, 0.4) is 0 Å². The summed E-state index contributed by atoms with van der Waals surface area (Å²) in [5, 5.41) is 48.7. The molecule has 147 heavy (non-hydrogen) atoms. The molecule has 864 valence electrons. The molecule has 0 amide bonds. The number of rotatable bonds is 107. The minimum Gasteiger partial charge on any atom is -0.462 e. The largest absolute Gasteiger partial charge is 0.462 e. The number of hydrogen-bond donors (Lipinski definition) is 3. The fourth-order valence-electron chi connectivity index (χ4n) is 16.6. The molecule has 0 aliphatic carbocycles. The molecule has 0 aromatic carbocycles. The Hall–Kier alpha value is -3.55. The topological polar surface area (TPSA) is 312 Å². The van der Waals surface area contributed by atoms with Crippen LogP contribution in [0.5, 0.6) is 0 Å². The zero-order chi connectivity index (χ0) is 110. The van der Waals surface area contributed by atoms with E-state index in [2.05, 4.69) is 85.4 Å². The number of thiol groups is 2. The molecule has 0 rings (SSSR count). The van der Waals surface area contributed by atoms with Crippen LogP contribution in [0.2, 0.25) is 17.7 Å². The fourth-order valence-corrected chi connectivity index (χ4v) is 23.9. The van der Waals surface area contributed by atoms with E-state index >= 15 is 0 Å². The Kier molecular flexibility index (Phi) is 156. The summed E-state index contributed by atoms with van der Waals surface area (Å²) < 4.78 is 29.9. The summed E-state index contributed by atoms with van der Waals surface area (Å²) in [7, 11) is 0. The van der Waals surface area contributed by atoms with Gasteiger partial charge in [0, 0.05) is 24.3 Å². The molecule has 0 spiro atoms. The first-order chi connectivity index (χ1) is 71.7. The van der Waals surface area contributed by atoms with Crippen molar-refractivity contribution in [1.82, 2.24) is 0 Å². The Balaban J connectivity index is -0.000000317. The third-order valence-corrected chi connectivity index (χ3v) is 34.3. The zero-order valence-electron chi connectivity index (χ0n) is 96.7. The second kappa shape index (κ2) is 147. The molecule has 23 heteroatoms. The van der Waals surface area contributed by atoms with Gasteiger partial charge < -0.3 is 68.4 Å². The fraction of sp³-hybridized carbons (Fsp3) is 0.863. The maximum absolute atomic E-state index is 11.1. The summed E-state index contributed by atoms with van der Waals surface area (Å²) in [6.45, 7) is 19.5. The number of aliphatic hydroxyl groups excluding tert-OH is 1. The van der Waals surface area contributed by atoms with E-state index in [0.29, 0.717) is 50.7 Å². The summed E-state index contributed by atoms with van der Waals surface area (Å²) in [4.78, 5) is 95.4. The minimum atomic E-state index is -1.38. The molecule has 0 heterocycles. The summed E-state index contributed by atoms with van der Waals surface area (Å²) in [5.41, 5.74) is 0. The van der Waals surface area contributed by atoms with E-state index < -0.39 is 58.3 Å². The van der Waals surface area contributed by atoms with Gasteiger partial charge in [-0.25, -0.2) is 24.0 Å². The van der Waals surface area contributed by atoms with Gasteiger partial charge >= 0.3 is 272 Å². The van der Waals surface area contributed by atoms with Crippen LogP contribution in [0.15, 0.2) is 48.6 Å². The predicted molar refractivity (Wildman–Crippen MR) is 623 cm³/mol. The van der Waals surface area contributed by atoms with Crippen molar-refractivity contribution in [1.29, 1.82) is 0 Å². The molecule has 0 aromatic rings. The second-order valence-corrected chi connectivity index (χ2v) is 50.3. The molecule has 0 fully saturated rings. The van der Waals surface area contributed by atoms with Gasteiger partial charge in [0.05, 0.1) is 56.9 Å². The van der Waals surface area contributed by atoms with Gasteiger partial charge in [0.1, 0.15) is 11.2 Å². The molecule has 0 aliphatic heterocycles. The van der Waals surface area contributed by atoms with Crippen LogP contribution in [0.1, 0.15) is 620 Å². The van der Waals surface area contributed by atoms with Gasteiger partial charge in [0.2, 0.25) is 0 Å². The van der Waals surface area contributed by atoms with Gasteiger partial charge in [0.15, 0.2) is 0 Å². The molecule has 19 nitrogen and oxygen atoms in total. The Morgan fingerprint density at radius 2 is 0.354 bits per heavy atom. The summed E-state index contributed by atoms with van der Waals surface area (Å²) >= 11 is 7.49. The van der Waals surface area contributed by atoms with Gasteiger partial charge in [-0.05, 0) is 50.0 Å². The van der Waals surface area contributed by atoms with Crippen LogP contribution in [-0.4, -0.2) is 145 Å². The number of aliphatic carboxylic acids is 4. The second-order valence-electron chi connectivity index (χ2n) is 40.3. The molecule has 2 radical (unpaired) electrons. The molecular formula is C124H232O19S2Sn2-2. The number of hydrogen-bond acceptors (Lipinski definition) is 21. The van der Waals surface area contributed by atoms with Crippen LogP contribution in [-0.2, 0) is 66.8 Å². The van der Waals surface area contributed by atoms with Gasteiger partial charge in [-0.15, -0.1) is 0 Å². The van der Waals surface area contributed by atoms with Crippen LogP contribution >= 0.6 is 25.3 Å². The Morgan fingerprint density at radius 3 is 0.497 bits per heavy atom. The van der Waals surface area contributed by atoms with E-state index in [4.69, 9.17) is 24.1 Å². The third kappa shape index (κ3) is 170. The van der Waals surface area contributed by atoms with E-state index in [1.165, 1.54) is 488 Å². The zero-order valence-corrected chi connectivity index (χ0v) is 104. The van der Waals surface area contributed by atoms with Crippen molar-refractivity contribution in [3.8, 4) is 0 Å². The summed E-state index contributed by atoms with van der Waals surface area (Å²) in [6.07, 6.45) is 125. The number of esters is 5. The molecule has 0 aliphatic rings.